The molecule has 0 saturated carbocycles. The molecule has 16 nitrogen and oxygen atoms in total. The van der Waals surface area contributed by atoms with Crippen LogP contribution in [0.1, 0.15) is 49.2 Å². The van der Waals surface area contributed by atoms with Gasteiger partial charge in [0.1, 0.15) is 34.1 Å². The van der Waals surface area contributed by atoms with E-state index >= 15 is 0 Å². The van der Waals surface area contributed by atoms with Crippen LogP contribution in [0.15, 0.2) is 73.3 Å². The Morgan fingerprint density at radius 3 is 1.53 bits per heavy atom. The van der Waals surface area contributed by atoms with Gasteiger partial charge in [-0.25, -0.2) is 47.5 Å². The molecule has 3 N–H and O–H groups in total. The van der Waals surface area contributed by atoms with Gasteiger partial charge >= 0.3 is 0 Å². The molecule has 2 saturated heterocycles. The van der Waals surface area contributed by atoms with E-state index in [1.54, 1.807) is 16.8 Å². The van der Waals surface area contributed by atoms with Crippen LogP contribution in [0.25, 0.3) is 44.3 Å². The number of nitrogens with one attached hydrogen (secondary N) is 1. The molecular weight excluding hydrogens is 960 g/mol. The van der Waals surface area contributed by atoms with Gasteiger partial charge in [0, 0.05) is 124 Å². The lowest BCUT2D eigenvalue weighted by molar-refractivity contribution is 0.132. The van der Waals surface area contributed by atoms with Gasteiger partial charge in [0.05, 0.1) is 12.4 Å². The number of benzene rings is 2. The fourth-order valence-electron chi connectivity index (χ4n) is 9.90. The molecule has 4 aliphatic rings. The first-order valence-electron chi connectivity index (χ1n) is 24.9. The van der Waals surface area contributed by atoms with E-state index in [0.29, 0.717) is 44.6 Å². The van der Waals surface area contributed by atoms with Crippen LogP contribution in [0.2, 0.25) is 5.28 Å². The third kappa shape index (κ3) is 11.4. The van der Waals surface area contributed by atoms with E-state index in [4.69, 9.17) is 17.3 Å². The first kappa shape index (κ1) is 49.9. The number of anilines is 3. The van der Waals surface area contributed by atoms with Crippen molar-refractivity contribution in [1.29, 1.82) is 0 Å². The Bertz CT molecular complexity index is 3210. The quantitative estimate of drug-likeness (QED) is 0.0996. The Labute approximate surface area is 425 Å². The molecule has 8 aromatic rings. The van der Waals surface area contributed by atoms with Crippen molar-refractivity contribution in [2.75, 3.05) is 76.5 Å². The van der Waals surface area contributed by atoms with Crippen molar-refractivity contribution in [3.63, 3.8) is 0 Å². The summed E-state index contributed by atoms with van der Waals surface area (Å²) >= 11 is 5.70. The van der Waals surface area contributed by atoms with E-state index in [0.717, 1.165) is 134 Å². The molecule has 2 aromatic carbocycles. The third-order valence-corrected chi connectivity index (χ3v) is 14.1. The number of aryl methyl sites for hydroxylation is 4. The van der Waals surface area contributed by atoms with Crippen molar-refractivity contribution in [3.05, 3.63) is 124 Å². The molecule has 4 aliphatic heterocycles. The average Bonchev–Trinajstić information content (AvgIpc) is 4.22. The van der Waals surface area contributed by atoms with E-state index in [9.17, 15) is 17.6 Å². The Morgan fingerprint density at radius 2 is 1.04 bits per heavy atom. The minimum atomic E-state index is -0.637. The van der Waals surface area contributed by atoms with Gasteiger partial charge in [0.15, 0.2) is 23.3 Å². The van der Waals surface area contributed by atoms with Crippen molar-refractivity contribution in [2.24, 2.45) is 0 Å². The number of fused-ring (bicyclic) bond motifs is 6. The van der Waals surface area contributed by atoms with E-state index in [1.165, 1.54) is 30.8 Å². The highest BCUT2D eigenvalue weighted by molar-refractivity contribution is 6.28. The molecule has 0 atom stereocenters. The lowest BCUT2D eigenvalue weighted by Crippen LogP contribution is -2.45. The van der Waals surface area contributed by atoms with Crippen LogP contribution in [-0.4, -0.2) is 135 Å². The summed E-state index contributed by atoms with van der Waals surface area (Å²) in [5.41, 5.74) is 11.3. The topological polar surface area (TPSA) is 164 Å². The second kappa shape index (κ2) is 22.2. The zero-order valence-electron chi connectivity index (χ0n) is 40.9. The maximum atomic E-state index is 14.8. The van der Waals surface area contributed by atoms with Gasteiger partial charge in [-0.15, -0.1) is 0 Å². The zero-order chi connectivity index (χ0) is 50.6. The Morgan fingerprint density at radius 1 is 0.548 bits per heavy atom. The largest absolute Gasteiger partial charge is 0.384 e. The van der Waals surface area contributed by atoms with Gasteiger partial charge in [0.2, 0.25) is 11.2 Å². The normalized spacial score (nSPS) is 16.3. The summed E-state index contributed by atoms with van der Waals surface area (Å²) in [7, 11) is 0. The number of nitrogens with two attached hydrogens (primary N) is 1. The molecule has 0 radical (unpaired) electrons. The van der Waals surface area contributed by atoms with Crippen LogP contribution in [0.4, 0.5) is 35.1 Å². The molecule has 380 valence electrons. The van der Waals surface area contributed by atoms with Crippen LogP contribution in [0.3, 0.4) is 0 Å². The molecule has 2 fully saturated rings. The number of piperazine rings is 2. The first-order valence-corrected chi connectivity index (χ1v) is 25.3. The second-order valence-corrected chi connectivity index (χ2v) is 19.0. The molecule has 0 unspecified atom stereocenters. The number of hydrogen-bond acceptors (Lipinski definition) is 14. The fourth-order valence-corrected chi connectivity index (χ4v) is 10.0. The summed E-state index contributed by atoms with van der Waals surface area (Å²) in [6.07, 6.45) is 9.42. The number of halogens is 5. The third-order valence-electron chi connectivity index (χ3n) is 13.9. The smallest absolute Gasteiger partial charge is 0.229 e. The molecule has 10 heterocycles. The van der Waals surface area contributed by atoms with E-state index in [-0.39, 0.29) is 22.6 Å². The van der Waals surface area contributed by atoms with Crippen molar-refractivity contribution in [2.45, 2.75) is 65.7 Å². The van der Waals surface area contributed by atoms with Crippen molar-refractivity contribution < 1.29 is 17.6 Å². The minimum absolute atomic E-state index is 0.00579. The van der Waals surface area contributed by atoms with Gasteiger partial charge in [-0.3, -0.25) is 19.2 Å². The fraction of sp³-hybridized carbons (Fsp3) is 0.385. The van der Waals surface area contributed by atoms with Gasteiger partial charge in [-0.1, -0.05) is 26.0 Å². The molecule has 0 aliphatic carbocycles. The van der Waals surface area contributed by atoms with E-state index in [2.05, 4.69) is 84.9 Å². The number of pyridine rings is 2. The van der Waals surface area contributed by atoms with Crippen LogP contribution in [0.5, 0.6) is 0 Å². The van der Waals surface area contributed by atoms with Gasteiger partial charge < -0.3 is 20.9 Å². The molecule has 12 rings (SSSR count). The summed E-state index contributed by atoms with van der Waals surface area (Å²) in [6.45, 7) is 19.0. The highest BCUT2D eigenvalue weighted by atomic mass is 35.5. The average molecular weight is 1020 g/mol. The highest BCUT2D eigenvalue weighted by Crippen LogP contribution is 2.34. The van der Waals surface area contributed by atoms with E-state index < -0.39 is 23.3 Å². The predicted molar refractivity (Wildman–Crippen MR) is 274 cm³/mol. The summed E-state index contributed by atoms with van der Waals surface area (Å²) in [4.78, 5) is 34.3. The van der Waals surface area contributed by atoms with Crippen LogP contribution in [0, 0.1) is 23.3 Å². The Kier molecular flexibility index (Phi) is 15.1. The van der Waals surface area contributed by atoms with E-state index in [1.807, 2.05) is 35.3 Å². The Hall–Kier alpha value is -6.71. The molecule has 6 aromatic heterocycles. The summed E-state index contributed by atoms with van der Waals surface area (Å²) in [5, 5.41) is 13.0. The minimum Gasteiger partial charge on any atom is -0.384 e. The monoisotopic (exact) mass is 1020 g/mol. The summed E-state index contributed by atoms with van der Waals surface area (Å²) in [5.74, 6) is -0.869. The molecule has 0 bridgehead atoms. The maximum absolute atomic E-state index is 14.8. The SMILES string of the molecule is CCN1CCN(Cc2ccc(N)nc2)CC1.CCN1CCN(Cc2ccc(Nc3ncc(F)c(-c4cc(F)c5nn6c(c5c4)CCC6)n3)nc2)CC1.Fc1cnc(Cl)nc1-c1cc(F)c2nn3c(c2c1)CCC3. The number of nitrogens with zero attached hydrogens (tertiary/aromatic N) is 14. The van der Waals surface area contributed by atoms with Crippen molar-refractivity contribution in [1.82, 2.24) is 69.1 Å². The molecule has 73 heavy (non-hydrogen) atoms. The summed E-state index contributed by atoms with van der Waals surface area (Å²) in [6, 6.07) is 13.8. The van der Waals surface area contributed by atoms with Gasteiger partial charge in [-0.2, -0.15) is 10.2 Å². The highest BCUT2D eigenvalue weighted by Gasteiger charge is 2.24. The second-order valence-electron chi connectivity index (χ2n) is 18.7. The number of likely N-dealkylation sites (N-methyl/N-ethyl adjacent to an activating group) is 2. The van der Waals surface area contributed by atoms with Crippen LogP contribution in [-0.2, 0) is 39.0 Å². The van der Waals surface area contributed by atoms with Crippen LogP contribution < -0.4 is 11.1 Å². The lowest BCUT2D eigenvalue weighted by Gasteiger charge is -2.33. The number of aromatic nitrogens is 10. The lowest BCUT2D eigenvalue weighted by atomic mass is 10.1. The zero-order valence-corrected chi connectivity index (χ0v) is 41.6. The van der Waals surface area contributed by atoms with Crippen LogP contribution >= 0.6 is 11.6 Å². The molecule has 21 heteroatoms. The number of nitrogen functional groups attached to an aromatic ring is 1. The standard InChI is InChI=1S/C26H28F2N8.C14H9ClF2N4.C12H20N4/c1-2-34-8-10-35(11-9-34)16-17-5-6-23(29-14-17)31-26-30-15-21(28)24(32-26)18-12-19-22-4-3-7-36(22)33-25(19)20(27)13-18;15-14-18-6-10(17)12(19-14)7-4-8-11-2-1-3-21(11)20-13(8)9(16)5-7;1-2-15-5-7-16(8-6-15)10-11-3-4-12(13)14-9-11/h5-6,12-15H,2-4,7-11,16H2,1H3,(H,29,30,31,32);4-6H,1-3H2;3-4,9H,2,5-8,10H2,1H3,(H2,13,14). The molecular formula is C52H57ClF4N16. The van der Waals surface area contributed by atoms with Crippen molar-refractivity contribution in [3.8, 4) is 22.5 Å². The maximum Gasteiger partial charge on any atom is 0.229 e. The van der Waals surface area contributed by atoms with Gasteiger partial charge in [-0.05, 0) is 97.9 Å². The number of rotatable bonds is 10. The van der Waals surface area contributed by atoms with Gasteiger partial charge in [0.25, 0.3) is 0 Å². The molecule has 0 spiro atoms. The number of hydrogen-bond donors (Lipinski definition) is 2. The Balaban J connectivity index is 0.000000139. The summed E-state index contributed by atoms with van der Waals surface area (Å²) < 4.78 is 61.3. The van der Waals surface area contributed by atoms with Crippen molar-refractivity contribution >= 4 is 51.0 Å². The molecule has 0 amide bonds. The first-order chi connectivity index (χ1) is 35.5. The predicted octanol–water partition coefficient (Wildman–Crippen LogP) is 8.17.